The normalized spacial score (nSPS) is 10.7. The minimum Gasteiger partial charge on any atom is -0.477 e. The largest absolute Gasteiger partial charge is 0.477 e. The molecule has 104 valence electrons. The van der Waals surface area contributed by atoms with E-state index in [0.717, 1.165) is 16.5 Å². The number of nitrogens with zero attached hydrogens (tertiary/aromatic N) is 1. The van der Waals surface area contributed by atoms with Crippen LogP contribution in [-0.2, 0) is 0 Å². The number of aromatic carboxylic acids is 1. The van der Waals surface area contributed by atoms with Crippen molar-refractivity contribution in [3.63, 3.8) is 0 Å². The molecule has 0 saturated heterocycles. The quantitative estimate of drug-likeness (QED) is 0.746. The van der Waals surface area contributed by atoms with Crippen molar-refractivity contribution in [2.75, 3.05) is 0 Å². The summed E-state index contributed by atoms with van der Waals surface area (Å²) in [7, 11) is 0. The first kappa shape index (κ1) is 13.1. The molecule has 0 aliphatic rings. The van der Waals surface area contributed by atoms with E-state index in [1.807, 2.05) is 42.5 Å². The molecule has 0 fully saturated rings. The molecule has 0 radical (unpaired) electrons. The molecule has 1 heterocycles. The van der Waals surface area contributed by atoms with Crippen LogP contribution in [0.3, 0.4) is 0 Å². The zero-order chi connectivity index (χ0) is 15.0. The Morgan fingerprint density at radius 1 is 1.00 bits per heavy atom. The Bertz CT molecular complexity index is 861. The summed E-state index contributed by atoms with van der Waals surface area (Å²) in [5.41, 5.74) is 1.19. The molecular formula is C17H13NO3. The van der Waals surface area contributed by atoms with Crippen molar-refractivity contribution in [3.8, 4) is 5.69 Å². The molecule has 0 amide bonds. The summed E-state index contributed by atoms with van der Waals surface area (Å²) >= 11 is 0. The van der Waals surface area contributed by atoms with Gasteiger partial charge in [-0.3, -0.25) is 4.79 Å². The van der Waals surface area contributed by atoms with Crippen molar-refractivity contribution in [2.24, 2.45) is 0 Å². The maximum Gasteiger partial charge on any atom is 0.352 e. The van der Waals surface area contributed by atoms with Gasteiger partial charge in [0.05, 0.1) is 0 Å². The van der Waals surface area contributed by atoms with Crippen molar-refractivity contribution in [1.29, 1.82) is 0 Å². The highest BCUT2D eigenvalue weighted by molar-refractivity contribution is 5.98. The van der Waals surface area contributed by atoms with Gasteiger partial charge in [0.2, 0.25) is 0 Å². The summed E-state index contributed by atoms with van der Waals surface area (Å²) < 4.78 is 1.53. The Balaban J connectivity index is 2.21. The summed E-state index contributed by atoms with van der Waals surface area (Å²) in [5, 5.41) is 11.4. The van der Waals surface area contributed by atoms with Crippen LogP contribution in [-0.4, -0.2) is 21.4 Å². The van der Waals surface area contributed by atoms with Gasteiger partial charge < -0.3 is 9.67 Å². The summed E-state index contributed by atoms with van der Waals surface area (Å²) in [6, 6.07) is 14.9. The molecule has 2 aromatic carbocycles. The average Bonchev–Trinajstić information content (AvgIpc) is 2.92. The van der Waals surface area contributed by atoms with E-state index >= 15 is 0 Å². The predicted octanol–water partition coefficient (Wildman–Crippen LogP) is 3.53. The van der Waals surface area contributed by atoms with Gasteiger partial charge in [-0.05, 0) is 35.9 Å². The summed E-state index contributed by atoms with van der Waals surface area (Å²) in [4.78, 5) is 22.8. The number of fused-ring (bicyclic) bond motifs is 1. The Kier molecular flexibility index (Phi) is 3.06. The number of ketones is 1. The van der Waals surface area contributed by atoms with Gasteiger partial charge in [-0.25, -0.2) is 4.79 Å². The van der Waals surface area contributed by atoms with Gasteiger partial charge in [-0.2, -0.15) is 0 Å². The van der Waals surface area contributed by atoms with Crippen LogP contribution < -0.4 is 0 Å². The standard InChI is InChI=1S/C17H13NO3/c1-11(19)14-9-16(17(20)21)18(10-14)15-7-6-12-4-2-3-5-13(12)8-15/h2-10H,1H3,(H,20,21). The molecule has 1 N–H and O–H groups in total. The number of hydrogen-bond acceptors (Lipinski definition) is 2. The highest BCUT2D eigenvalue weighted by Gasteiger charge is 2.15. The number of carboxylic acid groups (broad SMARTS) is 1. The first-order valence-corrected chi connectivity index (χ1v) is 6.52. The second kappa shape index (κ2) is 4.90. The second-order valence-electron chi connectivity index (χ2n) is 4.88. The molecule has 4 heteroatoms. The van der Waals surface area contributed by atoms with Crippen molar-refractivity contribution >= 4 is 22.5 Å². The van der Waals surface area contributed by atoms with Gasteiger partial charge in [0.25, 0.3) is 0 Å². The van der Waals surface area contributed by atoms with E-state index in [2.05, 4.69) is 0 Å². The number of Topliss-reactive ketones (excluding diaryl/α,β-unsaturated/α-hetero) is 1. The van der Waals surface area contributed by atoms with Crippen molar-refractivity contribution in [3.05, 3.63) is 66.0 Å². The van der Waals surface area contributed by atoms with Crippen LogP contribution in [0.4, 0.5) is 0 Å². The van der Waals surface area contributed by atoms with E-state index in [4.69, 9.17) is 0 Å². The molecule has 1 aromatic heterocycles. The van der Waals surface area contributed by atoms with E-state index in [1.54, 1.807) is 6.20 Å². The van der Waals surface area contributed by atoms with Crippen LogP contribution >= 0.6 is 0 Å². The molecule has 0 bridgehead atoms. The Morgan fingerprint density at radius 2 is 1.71 bits per heavy atom. The first-order valence-electron chi connectivity index (χ1n) is 6.52. The Hall–Kier alpha value is -2.88. The molecule has 0 unspecified atom stereocenters. The SMILES string of the molecule is CC(=O)c1cc(C(=O)O)n(-c2ccc3ccccc3c2)c1. The highest BCUT2D eigenvalue weighted by Crippen LogP contribution is 2.21. The fraction of sp³-hybridized carbons (Fsp3) is 0.0588. The van der Waals surface area contributed by atoms with Crippen LogP contribution in [0.25, 0.3) is 16.5 Å². The van der Waals surface area contributed by atoms with Gasteiger partial charge in [-0.15, -0.1) is 0 Å². The molecule has 3 rings (SSSR count). The van der Waals surface area contributed by atoms with Crippen LogP contribution in [0.2, 0.25) is 0 Å². The van der Waals surface area contributed by atoms with E-state index in [1.165, 1.54) is 17.6 Å². The molecule has 3 aromatic rings. The Morgan fingerprint density at radius 3 is 2.38 bits per heavy atom. The fourth-order valence-electron chi connectivity index (χ4n) is 2.36. The lowest BCUT2D eigenvalue weighted by Gasteiger charge is -2.07. The summed E-state index contributed by atoms with van der Waals surface area (Å²) in [6.07, 6.45) is 1.57. The van der Waals surface area contributed by atoms with Gasteiger partial charge >= 0.3 is 5.97 Å². The third-order valence-electron chi connectivity index (χ3n) is 3.46. The van der Waals surface area contributed by atoms with Gasteiger partial charge in [0.1, 0.15) is 5.69 Å². The summed E-state index contributed by atoms with van der Waals surface area (Å²) in [6.45, 7) is 1.42. The van der Waals surface area contributed by atoms with Gasteiger partial charge in [0, 0.05) is 17.4 Å². The fourth-order valence-corrected chi connectivity index (χ4v) is 2.36. The monoisotopic (exact) mass is 279 g/mol. The van der Waals surface area contributed by atoms with E-state index in [0.29, 0.717) is 5.56 Å². The average molecular weight is 279 g/mol. The Labute approximate surface area is 121 Å². The van der Waals surface area contributed by atoms with Crippen LogP contribution in [0.5, 0.6) is 0 Å². The zero-order valence-corrected chi connectivity index (χ0v) is 11.4. The number of carbonyl (C=O) groups is 2. The van der Waals surface area contributed by atoms with Gasteiger partial charge in [-0.1, -0.05) is 30.3 Å². The molecule has 4 nitrogen and oxygen atoms in total. The predicted molar refractivity (Wildman–Crippen MR) is 80.2 cm³/mol. The molecule has 21 heavy (non-hydrogen) atoms. The molecule has 0 atom stereocenters. The topological polar surface area (TPSA) is 59.3 Å². The van der Waals surface area contributed by atoms with Gasteiger partial charge in [0.15, 0.2) is 5.78 Å². The van der Waals surface area contributed by atoms with Crippen LogP contribution in [0, 0.1) is 0 Å². The third-order valence-corrected chi connectivity index (χ3v) is 3.46. The lowest BCUT2D eigenvalue weighted by Crippen LogP contribution is -2.05. The van der Waals surface area contributed by atoms with Crippen LogP contribution in [0.1, 0.15) is 27.8 Å². The maximum absolute atomic E-state index is 11.5. The van der Waals surface area contributed by atoms with Crippen molar-refractivity contribution in [1.82, 2.24) is 4.57 Å². The number of carbonyl (C=O) groups excluding carboxylic acids is 1. The molecule has 0 saturated carbocycles. The van der Waals surface area contributed by atoms with E-state index in [9.17, 15) is 14.7 Å². The second-order valence-corrected chi connectivity index (χ2v) is 4.88. The number of carboxylic acids is 1. The molecule has 0 aliphatic heterocycles. The molecular weight excluding hydrogens is 266 g/mol. The minimum absolute atomic E-state index is 0.0791. The van der Waals surface area contributed by atoms with Crippen molar-refractivity contribution < 1.29 is 14.7 Å². The summed E-state index contributed by atoms with van der Waals surface area (Å²) in [5.74, 6) is -1.22. The lowest BCUT2D eigenvalue weighted by molar-refractivity contribution is 0.0688. The smallest absolute Gasteiger partial charge is 0.352 e. The van der Waals surface area contributed by atoms with Crippen molar-refractivity contribution in [2.45, 2.75) is 6.92 Å². The third kappa shape index (κ3) is 2.31. The molecule has 0 aliphatic carbocycles. The number of rotatable bonds is 3. The minimum atomic E-state index is -1.06. The molecule has 0 spiro atoms. The van der Waals surface area contributed by atoms with E-state index < -0.39 is 5.97 Å². The highest BCUT2D eigenvalue weighted by atomic mass is 16.4. The number of aromatic nitrogens is 1. The zero-order valence-electron chi connectivity index (χ0n) is 11.4. The van der Waals surface area contributed by atoms with Crippen LogP contribution in [0.15, 0.2) is 54.7 Å². The number of hydrogen-bond donors (Lipinski definition) is 1. The first-order chi connectivity index (χ1) is 10.1. The lowest BCUT2D eigenvalue weighted by atomic mass is 10.1. The number of benzene rings is 2. The van der Waals surface area contributed by atoms with E-state index in [-0.39, 0.29) is 11.5 Å². The maximum atomic E-state index is 11.5.